The fourth-order valence-electron chi connectivity index (χ4n) is 4.21. The molecule has 118 valence electrons. The van der Waals surface area contributed by atoms with E-state index in [2.05, 4.69) is 36.2 Å². The standard InChI is InChI=1S/C19H19NO3/c1-20-6-5-11-3-4-15(21-2)19-13-9-17-16(22-10-23-17)8-12(13)7-14(20)18(11)19/h3-4,8-9,14H,5-7,10H2,1-2H3/t14-/m0/s1. The summed E-state index contributed by atoms with van der Waals surface area (Å²) in [5, 5.41) is 0. The topological polar surface area (TPSA) is 30.9 Å². The molecule has 2 aliphatic heterocycles. The van der Waals surface area contributed by atoms with Crippen LogP contribution in [0.5, 0.6) is 17.2 Å². The molecule has 2 aromatic carbocycles. The first-order chi connectivity index (χ1) is 11.3. The predicted octanol–water partition coefficient (Wildman–Crippen LogP) is 3.18. The van der Waals surface area contributed by atoms with Crippen LogP contribution in [-0.2, 0) is 12.8 Å². The van der Waals surface area contributed by atoms with Gasteiger partial charge in [-0.25, -0.2) is 0 Å². The van der Waals surface area contributed by atoms with E-state index >= 15 is 0 Å². The van der Waals surface area contributed by atoms with Crippen molar-refractivity contribution in [3.05, 3.63) is 41.0 Å². The number of hydrogen-bond donors (Lipinski definition) is 0. The van der Waals surface area contributed by atoms with E-state index in [0.29, 0.717) is 12.8 Å². The third-order valence-electron chi connectivity index (χ3n) is 5.40. The summed E-state index contributed by atoms with van der Waals surface area (Å²) in [4.78, 5) is 2.46. The lowest BCUT2D eigenvalue weighted by Gasteiger charge is -2.40. The van der Waals surface area contributed by atoms with Gasteiger partial charge in [-0.15, -0.1) is 0 Å². The first-order valence-corrected chi connectivity index (χ1v) is 8.09. The zero-order valence-electron chi connectivity index (χ0n) is 13.4. The van der Waals surface area contributed by atoms with Crippen molar-refractivity contribution in [2.45, 2.75) is 18.9 Å². The van der Waals surface area contributed by atoms with Gasteiger partial charge < -0.3 is 14.2 Å². The molecule has 0 radical (unpaired) electrons. The second-order valence-electron chi connectivity index (χ2n) is 6.53. The van der Waals surface area contributed by atoms with Crippen molar-refractivity contribution in [1.82, 2.24) is 4.90 Å². The smallest absolute Gasteiger partial charge is 0.231 e. The molecule has 0 amide bonds. The van der Waals surface area contributed by atoms with Gasteiger partial charge in [-0.2, -0.15) is 0 Å². The van der Waals surface area contributed by atoms with Crippen molar-refractivity contribution in [3.63, 3.8) is 0 Å². The fourth-order valence-corrected chi connectivity index (χ4v) is 4.21. The predicted molar refractivity (Wildman–Crippen MR) is 87.3 cm³/mol. The van der Waals surface area contributed by atoms with Crippen LogP contribution in [0.25, 0.3) is 11.1 Å². The third-order valence-corrected chi connectivity index (χ3v) is 5.40. The zero-order chi connectivity index (χ0) is 15.6. The van der Waals surface area contributed by atoms with Gasteiger partial charge in [-0.05, 0) is 60.3 Å². The zero-order valence-corrected chi connectivity index (χ0v) is 13.4. The fraction of sp³-hybridized carbons (Fsp3) is 0.368. The minimum atomic E-state index is 0.311. The molecule has 4 heteroatoms. The van der Waals surface area contributed by atoms with E-state index in [-0.39, 0.29) is 0 Å². The molecule has 0 N–H and O–H groups in total. The van der Waals surface area contributed by atoms with Crippen LogP contribution in [0.4, 0.5) is 0 Å². The quantitative estimate of drug-likeness (QED) is 0.809. The highest BCUT2D eigenvalue weighted by molar-refractivity contribution is 5.82. The highest BCUT2D eigenvalue weighted by atomic mass is 16.7. The molecule has 1 aliphatic carbocycles. The molecular weight excluding hydrogens is 290 g/mol. The van der Waals surface area contributed by atoms with Gasteiger partial charge >= 0.3 is 0 Å². The highest BCUT2D eigenvalue weighted by Crippen LogP contribution is 2.51. The van der Waals surface area contributed by atoms with Crippen LogP contribution < -0.4 is 14.2 Å². The average Bonchev–Trinajstić information content (AvgIpc) is 3.03. The first-order valence-electron chi connectivity index (χ1n) is 8.09. The summed E-state index contributed by atoms with van der Waals surface area (Å²) in [7, 11) is 3.97. The van der Waals surface area contributed by atoms with Gasteiger partial charge in [0.05, 0.1) is 7.11 Å². The number of rotatable bonds is 1. The minimum Gasteiger partial charge on any atom is -0.496 e. The molecular formula is C19H19NO3. The second-order valence-corrected chi connectivity index (χ2v) is 6.53. The number of benzene rings is 2. The van der Waals surface area contributed by atoms with Crippen molar-refractivity contribution in [3.8, 4) is 28.4 Å². The van der Waals surface area contributed by atoms with Crippen molar-refractivity contribution in [2.24, 2.45) is 0 Å². The Labute approximate surface area is 135 Å². The molecule has 5 rings (SSSR count). The molecule has 3 aliphatic rings. The lowest BCUT2D eigenvalue weighted by atomic mass is 9.76. The van der Waals surface area contributed by atoms with E-state index in [1.54, 1.807) is 7.11 Å². The maximum Gasteiger partial charge on any atom is 0.231 e. The van der Waals surface area contributed by atoms with Gasteiger partial charge in [0.15, 0.2) is 11.5 Å². The molecule has 0 unspecified atom stereocenters. The lowest BCUT2D eigenvalue weighted by molar-refractivity contribution is 0.174. The highest BCUT2D eigenvalue weighted by Gasteiger charge is 2.35. The number of hydrogen-bond acceptors (Lipinski definition) is 4. The summed E-state index contributed by atoms with van der Waals surface area (Å²) in [6, 6.07) is 9.03. The average molecular weight is 309 g/mol. The van der Waals surface area contributed by atoms with Crippen LogP contribution in [-0.4, -0.2) is 32.4 Å². The molecule has 23 heavy (non-hydrogen) atoms. The van der Waals surface area contributed by atoms with Gasteiger partial charge in [-0.3, -0.25) is 4.90 Å². The normalized spacial score (nSPS) is 20.9. The molecule has 0 saturated carbocycles. The summed E-state index contributed by atoms with van der Waals surface area (Å²) < 4.78 is 16.9. The Morgan fingerprint density at radius 2 is 1.96 bits per heavy atom. The number of nitrogens with zero attached hydrogens (tertiary/aromatic N) is 1. The third kappa shape index (κ3) is 1.75. The van der Waals surface area contributed by atoms with E-state index in [9.17, 15) is 0 Å². The van der Waals surface area contributed by atoms with Crippen LogP contribution >= 0.6 is 0 Å². The molecule has 0 spiro atoms. The van der Waals surface area contributed by atoms with Crippen LogP contribution in [0.2, 0.25) is 0 Å². The van der Waals surface area contributed by atoms with E-state index < -0.39 is 0 Å². The number of fused-ring (bicyclic) bond motifs is 3. The molecule has 0 bridgehead atoms. The maximum atomic E-state index is 5.71. The molecule has 0 aromatic heterocycles. The van der Waals surface area contributed by atoms with Crippen LogP contribution in [0, 0.1) is 0 Å². The summed E-state index contributed by atoms with van der Waals surface area (Å²) in [5.41, 5.74) is 6.67. The van der Waals surface area contributed by atoms with E-state index in [0.717, 1.165) is 36.6 Å². The monoisotopic (exact) mass is 309 g/mol. The summed E-state index contributed by atoms with van der Waals surface area (Å²) in [6.07, 6.45) is 2.11. The second kappa shape index (κ2) is 4.65. The Bertz CT molecular complexity index is 815. The Kier molecular flexibility index (Phi) is 2.68. The number of ether oxygens (including phenoxy) is 3. The Morgan fingerprint density at radius 1 is 1.13 bits per heavy atom. The van der Waals surface area contributed by atoms with Crippen LogP contribution in [0.3, 0.4) is 0 Å². The maximum absolute atomic E-state index is 5.71. The molecule has 2 aromatic rings. The molecule has 1 atom stereocenters. The van der Waals surface area contributed by atoms with Crippen molar-refractivity contribution in [1.29, 1.82) is 0 Å². The van der Waals surface area contributed by atoms with E-state index in [1.165, 1.54) is 27.8 Å². The van der Waals surface area contributed by atoms with Gasteiger partial charge in [0.25, 0.3) is 0 Å². The van der Waals surface area contributed by atoms with Gasteiger partial charge in [0.2, 0.25) is 6.79 Å². The summed E-state index contributed by atoms with van der Waals surface area (Å²) in [6.45, 7) is 1.41. The molecule has 0 saturated heterocycles. The summed E-state index contributed by atoms with van der Waals surface area (Å²) >= 11 is 0. The minimum absolute atomic E-state index is 0.311. The van der Waals surface area contributed by atoms with Crippen LogP contribution in [0.15, 0.2) is 24.3 Å². The van der Waals surface area contributed by atoms with Gasteiger partial charge in [0.1, 0.15) is 5.75 Å². The van der Waals surface area contributed by atoms with Gasteiger partial charge in [-0.1, -0.05) is 6.07 Å². The molecule has 2 heterocycles. The number of methoxy groups -OCH3 is 1. The van der Waals surface area contributed by atoms with Gasteiger partial charge in [0, 0.05) is 18.2 Å². The molecule has 4 nitrogen and oxygen atoms in total. The van der Waals surface area contributed by atoms with Crippen LogP contribution in [0.1, 0.15) is 22.7 Å². The Morgan fingerprint density at radius 3 is 2.78 bits per heavy atom. The Hall–Kier alpha value is -2.20. The summed E-state index contributed by atoms with van der Waals surface area (Å²) in [5.74, 6) is 2.65. The van der Waals surface area contributed by atoms with Crippen molar-refractivity contribution in [2.75, 3.05) is 27.5 Å². The molecule has 0 fully saturated rings. The lowest BCUT2D eigenvalue weighted by Crippen LogP contribution is -2.35. The Balaban J connectivity index is 1.82. The largest absolute Gasteiger partial charge is 0.496 e. The first kappa shape index (κ1) is 13.3. The van der Waals surface area contributed by atoms with E-state index in [1.807, 2.05) is 0 Å². The SMILES string of the molecule is COc1ccc2c3c1-c1cc4c(cc1C[C@@H]3N(C)CC2)OCO4. The number of likely N-dealkylation sites (N-methyl/N-ethyl adjacent to an activating group) is 1. The van der Waals surface area contributed by atoms with Crippen molar-refractivity contribution < 1.29 is 14.2 Å². The van der Waals surface area contributed by atoms with Crippen molar-refractivity contribution >= 4 is 0 Å². The van der Waals surface area contributed by atoms with E-state index in [4.69, 9.17) is 14.2 Å².